The second kappa shape index (κ2) is 6.03. The summed E-state index contributed by atoms with van der Waals surface area (Å²) in [6.45, 7) is 4.05. The third kappa shape index (κ3) is 2.82. The van der Waals surface area contributed by atoms with Crippen molar-refractivity contribution in [1.29, 1.82) is 0 Å². The maximum Gasteiger partial charge on any atom is 0.231 e. The highest BCUT2D eigenvalue weighted by atomic mass is 19.1. The lowest BCUT2D eigenvalue weighted by Gasteiger charge is -2.35. The van der Waals surface area contributed by atoms with Crippen molar-refractivity contribution in [2.45, 2.75) is 39.2 Å². The molecule has 1 aromatic heterocycles. The van der Waals surface area contributed by atoms with Crippen LogP contribution >= 0.6 is 0 Å². The molecule has 25 heavy (non-hydrogen) atoms. The second-order valence-electron chi connectivity index (χ2n) is 6.86. The van der Waals surface area contributed by atoms with Gasteiger partial charge in [0.25, 0.3) is 0 Å². The molecule has 2 heterocycles. The molecule has 4 heteroatoms. The fraction of sp³-hybridized carbons (Fsp3) is 0.286. The first-order valence-electron chi connectivity index (χ1n) is 8.60. The van der Waals surface area contributed by atoms with Gasteiger partial charge in [-0.25, -0.2) is 4.39 Å². The van der Waals surface area contributed by atoms with Crippen LogP contribution in [0.3, 0.4) is 0 Å². The number of carbonyl (C=O) groups excluding carboxylic acids is 1. The number of hydrogen-bond acceptors (Lipinski definition) is 2. The van der Waals surface area contributed by atoms with Gasteiger partial charge in [-0.1, -0.05) is 12.1 Å². The van der Waals surface area contributed by atoms with E-state index in [-0.39, 0.29) is 24.2 Å². The molecule has 128 valence electrons. The zero-order valence-corrected chi connectivity index (χ0v) is 14.4. The molecular formula is C21H20FNO2. The Morgan fingerprint density at radius 2 is 2.12 bits per heavy atom. The van der Waals surface area contributed by atoms with E-state index in [2.05, 4.69) is 0 Å². The molecule has 0 fully saturated rings. The summed E-state index contributed by atoms with van der Waals surface area (Å²) in [5.41, 5.74) is 4.55. The number of carbonyl (C=O) groups is 1. The summed E-state index contributed by atoms with van der Waals surface area (Å²) in [7, 11) is 0. The van der Waals surface area contributed by atoms with Gasteiger partial charge in [-0.05, 0) is 62.1 Å². The maximum atomic E-state index is 13.5. The van der Waals surface area contributed by atoms with Crippen LogP contribution in [-0.2, 0) is 17.6 Å². The number of fused-ring (bicyclic) bond motifs is 2. The summed E-state index contributed by atoms with van der Waals surface area (Å²) in [5, 5.41) is 0.975. The predicted octanol–water partition coefficient (Wildman–Crippen LogP) is 4.79. The van der Waals surface area contributed by atoms with E-state index in [4.69, 9.17) is 4.42 Å². The van der Waals surface area contributed by atoms with E-state index in [0.717, 1.165) is 46.2 Å². The molecule has 1 unspecified atom stereocenters. The van der Waals surface area contributed by atoms with Gasteiger partial charge in [0.1, 0.15) is 11.4 Å². The predicted molar refractivity (Wildman–Crippen MR) is 96.3 cm³/mol. The van der Waals surface area contributed by atoms with Crippen molar-refractivity contribution in [3.63, 3.8) is 0 Å². The Morgan fingerprint density at radius 1 is 1.28 bits per heavy atom. The Morgan fingerprint density at radius 3 is 2.96 bits per heavy atom. The summed E-state index contributed by atoms with van der Waals surface area (Å²) in [6, 6.07) is 10.8. The van der Waals surface area contributed by atoms with E-state index in [9.17, 15) is 9.18 Å². The molecule has 0 saturated carbocycles. The van der Waals surface area contributed by atoms with Crippen LogP contribution in [0.1, 0.15) is 30.0 Å². The van der Waals surface area contributed by atoms with Gasteiger partial charge >= 0.3 is 0 Å². The standard InChI is InChI=1S/C21H20FNO2/c1-13-3-7-18-16(12-25-20(18)9-13)11-21(24)23-14(2)4-5-15-10-17(22)6-8-19(15)23/h3,6-10,12,14H,4-5,11H2,1-2H3. The number of furan rings is 1. The van der Waals surface area contributed by atoms with Gasteiger partial charge in [0.15, 0.2) is 0 Å². The highest BCUT2D eigenvalue weighted by Gasteiger charge is 2.29. The van der Waals surface area contributed by atoms with Crippen molar-refractivity contribution in [2.75, 3.05) is 4.90 Å². The van der Waals surface area contributed by atoms with Gasteiger partial charge in [-0.3, -0.25) is 4.79 Å². The monoisotopic (exact) mass is 337 g/mol. The molecule has 0 bridgehead atoms. The van der Waals surface area contributed by atoms with Crippen molar-refractivity contribution < 1.29 is 13.6 Å². The van der Waals surface area contributed by atoms with Gasteiger partial charge in [0.2, 0.25) is 5.91 Å². The summed E-state index contributed by atoms with van der Waals surface area (Å²) < 4.78 is 19.1. The highest BCUT2D eigenvalue weighted by Crippen LogP contribution is 2.32. The lowest BCUT2D eigenvalue weighted by Crippen LogP contribution is -2.43. The van der Waals surface area contributed by atoms with Crippen LogP contribution in [0.4, 0.5) is 10.1 Å². The Kier molecular flexibility index (Phi) is 3.83. The van der Waals surface area contributed by atoms with Gasteiger partial charge in [0.05, 0.1) is 12.7 Å². The quantitative estimate of drug-likeness (QED) is 0.673. The van der Waals surface area contributed by atoms with Crippen LogP contribution in [0.25, 0.3) is 11.0 Å². The van der Waals surface area contributed by atoms with Crippen molar-refractivity contribution in [2.24, 2.45) is 0 Å². The van der Waals surface area contributed by atoms with Crippen molar-refractivity contribution in [3.05, 3.63) is 65.2 Å². The third-order valence-electron chi connectivity index (χ3n) is 4.99. The topological polar surface area (TPSA) is 33.5 Å². The van der Waals surface area contributed by atoms with Gasteiger partial charge in [-0.2, -0.15) is 0 Å². The number of nitrogens with zero attached hydrogens (tertiary/aromatic N) is 1. The molecule has 1 amide bonds. The molecule has 0 radical (unpaired) electrons. The van der Waals surface area contributed by atoms with E-state index < -0.39 is 0 Å². The fourth-order valence-corrected chi connectivity index (χ4v) is 3.68. The third-order valence-corrected chi connectivity index (χ3v) is 4.99. The Bertz CT molecular complexity index is 960. The van der Waals surface area contributed by atoms with Gasteiger partial charge < -0.3 is 9.32 Å². The van der Waals surface area contributed by atoms with Crippen LogP contribution in [0.2, 0.25) is 0 Å². The lowest BCUT2D eigenvalue weighted by atomic mass is 9.95. The molecule has 3 aromatic rings. The number of anilines is 1. The van der Waals surface area contributed by atoms with Crippen LogP contribution < -0.4 is 4.90 Å². The Labute approximate surface area is 146 Å². The molecule has 1 aliphatic heterocycles. The minimum absolute atomic E-state index is 0.0170. The SMILES string of the molecule is Cc1ccc2c(CC(=O)N3c4ccc(F)cc4CCC3C)coc2c1. The van der Waals surface area contributed by atoms with Crippen molar-refractivity contribution in [3.8, 4) is 0 Å². The fourth-order valence-electron chi connectivity index (χ4n) is 3.68. The van der Waals surface area contributed by atoms with E-state index in [1.165, 1.54) is 12.1 Å². The van der Waals surface area contributed by atoms with Gasteiger partial charge in [0, 0.05) is 22.7 Å². The zero-order chi connectivity index (χ0) is 17.6. The number of halogens is 1. The number of benzene rings is 2. The highest BCUT2D eigenvalue weighted by molar-refractivity contribution is 5.98. The molecular weight excluding hydrogens is 317 g/mol. The van der Waals surface area contributed by atoms with Crippen molar-refractivity contribution in [1.82, 2.24) is 0 Å². The van der Waals surface area contributed by atoms with Crippen LogP contribution in [0, 0.1) is 12.7 Å². The molecule has 0 saturated heterocycles. The van der Waals surface area contributed by atoms with E-state index in [0.29, 0.717) is 0 Å². The Balaban J connectivity index is 1.66. The number of aryl methyl sites for hydroxylation is 2. The molecule has 4 rings (SSSR count). The van der Waals surface area contributed by atoms with Crippen molar-refractivity contribution >= 4 is 22.6 Å². The first kappa shape index (κ1) is 15.9. The molecule has 1 aliphatic rings. The smallest absolute Gasteiger partial charge is 0.231 e. The molecule has 0 spiro atoms. The molecule has 2 aromatic carbocycles. The normalized spacial score (nSPS) is 16.9. The molecule has 0 aliphatic carbocycles. The lowest BCUT2D eigenvalue weighted by molar-refractivity contribution is -0.118. The maximum absolute atomic E-state index is 13.5. The van der Waals surface area contributed by atoms with Crippen LogP contribution in [0.15, 0.2) is 47.1 Å². The molecule has 0 N–H and O–H groups in total. The largest absolute Gasteiger partial charge is 0.464 e. The van der Waals surface area contributed by atoms with E-state index in [1.807, 2.05) is 36.9 Å². The summed E-state index contributed by atoms with van der Waals surface area (Å²) in [6.07, 6.45) is 3.58. The second-order valence-corrected chi connectivity index (χ2v) is 6.86. The minimum atomic E-state index is -0.253. The average Bonchev–Trinajstić information content (AvgIpc) is 2.96. The van der Waals surface area contributed by atoms with E-state index >= 15 is 0 Å². The summed E-state index contributed by atoms with van der Waals surface area (Å²) in [4.78, 5) is 14.8. The van der Waals surface area contributed by atoms with E-state index in [1.54, 1.807) is 12.3 Å². The molecule has 3 nitrogen and oxygen atoms in total. The summed E-state index contributed by atoms with van der Waals surface area (Å²) in [5.74, 6) is -0.236. The number of amides is 1. The first-order chi connectivity index (χ1) is 12.0. The number of rotatable bonds is 2. The van der Waals surface area contributed by atoms with Gasteiger partial charge in [-0.15, -0.1) is 0 Å². The average molecular weight is 337 g/mol. The minimum Gasteiger partial charge on any atom is -0.464 e. The molecule has 1 atom stereocenters. The zero-order valence-electron chi connectivity index (χ0n) is 14.4. The number of hydrogen-bond donors (Lipinski definition) is 0. The van der Waals surface area contributed by atoms with Crippen LogP contribution in [-0.4, -0.2) is 11.9 Å². The van der Waals surface area contributed by atoms with Crippen LogP contribution in [0.5, 0.6) is 0 Å². The summed E-state index contributed by atoms with van der Waals surface area (Å²) >= 11 is 0. The first-order valence-corrected chi connectivity index (χ1v) is 8.60. The Hall–Kier alpha value is -2.62.